The highest BCUT2D eigenvalue weighted by Gasteiger charge is 2.32. The van der Waals surface area contributed by atoms with Crippen LogP contribution in [0, 0.1) is 0 Å². The first-order chi connectivity index (χ1) is 9.66. The second-order valence-corrected chi connectivity index (χ2v) is 4.62. The van der Waals surface area contributed by atoms with E-state index in [-0.39, 0.29) is 13.1 Å². The van der Waals surface area contributed by atoms with E-state index in [0.717, 1.165) is 0 Å². The van der Waals surface area contributed by atoms with E-state index >= 15 is 0 Å². The summed E-state index contributed by atoms with van der Waals surface area (Å²) in [6.07, 6.45) is 9.38. The number of rotatable bonds is 5. The fourth-order valence-electron chi connectivity index (χ4n) is 2.06. The Balaban J connectivity index is 1.93. The van der Waals surface area contributed by atoms with Gasteiger partial charge in [-0.1, -0.05) is 0 Å². The molecule has 0 radical (unpaired) electrons. The third-order valence-corrected chi connectivity index (χ3v) is 3.02. The highest BCUT2D eigenvalue weighted by atomic mass is 16.3. The molecule has 0 saturated carbocycles. The van der Waals surface area contributed by atoms with Crippen LogP contribution in [0.2, 0.25) is 0 Å². The van der Waals surface area contributed by atoms with Crippen LogP contribution in [0.1, 0.15) is 5.56 Å². The van der Waals surface area contributed by atoms with Crippen LogP contribution in [0.3, 0.4) is 0 Å². The number of aromatic nitrogens is 8. The highest BCUT2D eigenvalue weighted by molar-refractivity contribution is 5.14. The molecule has 3 rings (SSSR count). The Hall–Kier alpha value is -2.55. The van der Waals surface area contributed by atoms with Gasteiger partial charge in [0.1, 0.15) is 30.9 Å². The lowest BCUT2D eigenvalue weighted by molar-refractivity contribution is -0.00547. The van der Waals surface area contributed by atoms with Crippen LogP contribution in [-0.4, -0.2) is 44.4 Å². The van der Waals surface area contributed by atoms with Crippen LogP contribution in [0.5, 0.6) is 0 Å². The van der Waals surface area contributed by atoms with Crippen molar-refractivity contribution >= 4 is 0 Å². The summed E-state index contributed by atoms with van der Waals surface area (Å²) in [6.45, 7) is 0.497. The zero-order valence-electron chi connectivity index (χ0n) is 10.9. The van der Waals surface area contributed by atoms with Crippen LogP contribution in [0.25, 0.3) is 0 Å². The van der Waals surface area contributed by atoms with Crippen molar-refractivity contribution in [3.63, 3.8) is 0 Å². The van der Waals surface area contributed by atoms with E-state index in [1.54, 1.807) is 46.1 Å². The van der Waals surface area contributed by atoms with Crippen molar-refractivity contribution in [1.82, 2.24) is 39.3 Å². The van der Waals surface area contributed by atoms with Gasteiger partial charge in [0.25, 0.3) is 0 Å². The van der Waals surface area contributed by atoms with Gasteiger partial charge < -0.3 is 5.11 Å². The second kappa shape index (κ2) is 4.85. The molecule has 20 heavy (non-hydrogen) atoms. The number of aliphatic hydroxyl groups is 1. The molecule has 104 valence electrons. The maximum absolute atomic E-state index is 11.0. The van der Waals surface area contributed by atoms with Gasteiger partial charge in [-0.05, 0) is 0 Å². The van der Waals surface area contributed by atoms with Gasteiger partial charge in [-0.25, -0.2) is 19.3 Å². The standard InChI is InChI=1S/C11H14N8O/c1-17-3-10(2-14-17)11(20,4-18-8-12-6-15-18)5-19-9-13-7-16-19/h2-3,6-9,20H,4-5H2,1H3. The Morgan fingerprint density at radius 1 is 1.05 bits per heavy atom. The molecular weight excluding hydrogens is 260 g/mol. The topological polar surface area (TPSA) is 99.5 Å². The molecule has 0 aliphatic carbocycles. The predicted octanol–water partition coefficient (Wildman–Crippen LogP) is -0.809. The van der Waals surface area contributed by atoms with Crippen LogP contribution < -0.4 is 0 Å². The van der Waals surface area contributed by atoms with E-state index in [1.165, 1.54) is 12.7 Å². The number of hydrogen-bond acceptors (Lipinski definition) is 6. The van der Waals surface area contributed by atoms with Crippen molar-refractivity contribution in [2.45, 2.75) is 18.7 Å². The van der Waals surface area contributed by atoms with Crippen LogP contribution in [0.4, 0.5) is 0 Å². The van der Waals surface area contributed by atoms with E-state index < -0.39 is 5.60 Å². The quantitative estimate of drug-likeness (QED) is 0.653. The lowest BCUT2D eigenvalue weighted by Gasteiger charge is -2.26. The van der Waals surface area contributed by atoms with E-state index in [2.05, 4.69) is 25.3 Å². The third kappa shape index (κ3) is 2.43. The summed E-state index contributed by atoms with van der Waals surface area (Å²) < 4.78 is 4.79. The molecule has 3 aromatic heterocycles. The maximum Gasteiger partial charge on any atom is 0.137 e. The van der Waals surface area contributed by atoms with Gasteiger partial charge >= 0.3 is 0 Å². The van der Waals surface area contributed by atoms with Gasteiger partial charge in [0.15, 0.2) is 0 Å². The van der Waals surface area contributed by atoms with Crippen LogP contribution >= 0.6 is 0 Å². The van der Waals surface area contributed by atoms with Crippen molar-refractivity contribution in [3.05, 3.63) is 43.3 Å². The fraction of sp³-hybridized carbons (Fsp3) is 0.364. The molecule has 0 aromatic carbocycles. The highest BCUT2D eigenvalue weighted by Crippen LogP contribution is 2.24. The molecule has 0 atom stereocenters. The third-order valence-electron chi connectivity index (χ3n) is 3.02. The van der Waals surface area contributed by atoms with Gasteiger partial charge in [0.2, 0.25) is 0 Å². The first-order valence-corrected chi connectivity index (χ1v) is 6.02. The Bertz CT molecular complexity index is 620. The molecular formula is C11H14N8O. The second-order valence-electron chi connectivity index (χ2n) is 4.62. The van der Waals surface area contributed by atoms with E-state index in [0.29, 0.717) is 5.56 Å². The number of nitrogens with zero attached hydrogens (tertiary/aromatic N) is 8. The normalized spacial score (nSPS) is 11.9. The molecule has 0 aliphatic heterocycles. The Labute approximate surface area is 114 Å². The molecule has 3 aromatic rings. The Kier molecular flexibility index (Phi) is 3.03. The predicted molar refractivity (Wildman–Crippen MR) is 67.1 cm³/mol. The monoisotopic (exact) mass is 274 g/mol. The zero-order valence-corrected chi connectivity index (χ0v) is 10.9. The Morgan fingerprint density at radius 3 is 2.05 bits per heavy atom. The van der Waals surface area contributed by atoms with Crippen molar-refractivity contribution in [2.75, 3.05) is 0 Å². The first kappa shape index (κ1) is 12.5. The molecule has 0 spiro atoms. The molecule has 3 heterocycles. The summed E-state index contributed by atoms with van der Waals surface area (Å²) in [6, 6.07) is 0. The largest absolute Gasteiger partial charge is 0.381 e. The Morgan fingerprint density at radius 2 is 1.65 bits per heavy atom. The van der Waals surface area contributed by atoms with E-state index in [9.17, 15) is 5.11 Å². The minimum Gasteiger partial charge on any atom is -0.381 e. The minimum absolute atomic E-state index is 0.249. The maximum atomic E-state index is 11.0. The lowest BCUT2D eigenvalue weighted by atomic mass is 9.97. The van der Waals surface area contributed by atoms with Crippen molar-refractivity contribution < 1.29 is 5.11 Å². The average molecular weight is 274 g/mol. The molecule has 0 amide bonds. The van der Waals surface area contributed by atoms with Crippen molar-refractivity contribution in [3.8, 4) is 0 Å². The van der Waals surface area contributed by atoms with E-state index in [4.69, 9.17) is 0 Å². The van der Waals surface area contributed by atoms with Crippen molar-refractivity contribution in [1.29, 1.82) is 0 Å². The van der Waals surface area contributed by atoms with Gasteiger partial charge in [0, 0.05) is 18.8 Å². The molecule has 0 fully saturated rings. The number of hydrogen-bond donors (Lipinski definition) is 1. The van der Waals surface area contributed by atoms with Gasteiger partial charge in [-0.3, -0.25) is 4.68 Å². The van der Waals surface area contributed by atoms with Gasteiger partial charge in [-0.15, -0.1) is 0 Å². The minimum atomic E-state index is -1.20. The van der Waals surface area contributed by atoms with Crippen LogP contribution in [0.15, 0.2) is 37.7 Å². The zero-order chi connectivity index (χ0) is 14.0. The molecule has 0 aliphatic rings. The molecule has 0 saturated heterocycles. The molecule has 0 bridgehead atoms. The van der Waals surface area contributed by atoms with Crippen LogP contribution in [-0.2, 0) is 25.7 Å². The lowest BCUT2D eigenvalue weighted by Crippen LogP contribution is -2.36. The van der Waals surface area contributed by atoms with Crippen molar-refractivity contribution in [2.24, 2.45) is 7.05 Å². The summed E-state index contributed by atoms with van der Waals surface area (Å²) >= 11 is 0. The summed E-state index contributed by atoms with van der Waals surface area (Å²) in [5, 5.41) is 23.2. The van der Waals surface area contributed by atoms with E-state index in [1.807, 2.05) is 0 Å². The van der Waals surface area contributed by atoms with Gasteiger partial charge in [-0.2, -0.15) is 15.3 Å². The first-order valence-electron chi connectivity index (χ1n) is 6.02. The average Bonchev–Trinajstić information content (AvgIpc) is 3.11. The number of aryl methyl sites for hydroxylation is 1. The summed E-state index contributed by atoms with van der Waals surface area (Å²) in [5.41, 5.74) is -0.513. The molecule has 9 nitrogen and oxygen atoms in total. The van der Waals surface area contributed by atoms with Gasteiger partial charge in [0.05, 0.1) is 19.3 Å². The summed E-state index contributed by atoms with van der Waals surface area (Å²) in [7, 11) is 1.80. The fourth-order valence-corrected chi connectivity index (χ4v) is 2.06. The molecule has 1 N–H and O–H groups in total. The summed E-state index contributed by atoms with van der Waals surface area (Å²) in [5.74, 6) is 0. The molecule has 0 unspecified atom stereocenters. The summed E-state index contributed by atoms with van der Waals surface area (Å²) in [4.78, 5) is 7.77. The smallest absolute Gasteiger partial charge is 0.137 e. The molecule has 9 heteroatoms. The SMILES string of the molecule is Cn1cc(C(O)(Cn2cncn2)Cn2cncn2)cn1.